The number of hydrogen-bond acceptors (Lipinski definition) is 1. The van der Waals surface area contributed by atoms with Crippen LogP contribution >= 0.6 is 0 Å². The number of halogens is 1. The lowest BCUT2D eigenvalue weighted by Crippen LogP contribution is -2.01. The summed E-state index contributed by atoms with van der Waals surface area (Å²) < 4.78 is 12.8. The Bertz CT molecular complexity index is 574. The fourth-order valence-corrected chi connectivity index (χ4v) is 1.92. The van der Waals surface area contributed by atoms with E-state index in [4.69, 9.17) is 5.11 Å². The highest BCUT2D eigenvalue weighted by Crippen LogP contribution is 2.23. The predicted molar refractivity (Wildman–Crippen MR) is 68.2 cm³/mol. The molecule has 0 aliphatic carbocycles. The summed E-state index contributed by atoms with van der Waals surface area (Å²) in [5, 5.41) is 9.05. The number of hydrogen-bond donors (Lipinski definition) is 1. The van der Waals surface area contributed by atoms with Gasteiger partial charge in [-0.15, -0.1) is 0 Å². The van der Waals surface area contributed by atoms with Gasteiger partial charge in [0.1, 0.15) is 5.82 Å². The molecule has 92 valence electrons. The smallest absolute Gasteiger partial charge is 0.335 e. The number of aromatic carboxylic acids is 1. The summed E-state index contributed by atoms with van der Waals surface area (Å²) in [5.74, 6) is -1.20. The molecular formula is C15H13FO2. The Hall–Kier alpha value is -2.16. The maximum atomic E-state index is 12.8. The Morgan fingerprint density at radius 1 is 1.11 bits per heavy atom. The molecule has 3 heteroatoms. The van der Waals surface area contributed by atoms with Crippen molar-refractivity contribution in [3.8, 4) is 11.1 Å². The molecule has 0 atom stereocenters. The van der Waals surface area contributed by atoms with Gasteiger partial charge in [-0.1, -0.05) is 31.2 Å². The van der Waals surface area contributed by atoms with Gasteiger partial charge in [0.25, 0.3) is 0 Å². The normalized spacial score (nSPS) is 10.3. The van der Waals surface area contributed by atoms with Crippen LogP contribution < -0.4 is 0 Å². The van der Waals surface area contributed by atoms with Crippen LogP contribution in [-0.2, 0) is 6.42 Å². The number of rotatable bonds is 3. The topological polar surface area (TPSA) is 37.3 Å². The minimum atomic E-state index is -0.919. The zero-order valence-electron chi connectivity index (χ0n) is 9.98. The highest BCUT2D eigenvalue weighted by molar-refractivity contribution is 5.90. The number of aryl methyl sites for hydroxylation is 1. The molecule has 0 saturated carbocycles. The second-order valence-corrected chi connectivity index (χ2v) is 4.04. The lowest BCUT2D eigenvalue weighted by atomic mass is 9.98. The summed E-state index contributed by atoms with van der Waals surface area (Å²) in [6, 6.07) is 11.3. The van der Waals surface area contributed by atoms with E-state index in [1.165, 1.54) is 12.1 Å². The molecule has 0 radical (unpaired) electrons. The molecule has 0 amide bonds. The van der Waals surface area contributed by atoms with E-state index in [2.05, 4.69) is 0 Å². The zero-order valence-corrected chi connectivity index (χ0v) is 9.98. The van der Waals surface area contributed by atoms with Gasteiger partial charge in [0.15, 0.2) is 0 Å². The van der Waals surface area contributed by atoms with Crippen molar-refractivity contribution in [3.05, 3.63) is 59.4 Å². The Labute approximate surface area is 105 Å². The molecule has 0 aliphatic rings. The monoisotopic (exact) mass is 244 g/mol. The van der Waals surface area contributed by atoms with E-state index in [-0.39, 0.29) is 5.82 Å². The molecule has 0 aromatic heterocycles. The van der Waals surface area contributed by atoms with Crippen LogP contribution in [0.25, 0.3) is 11.1 Å². The fraction of sp³-hybridized carbons (Fsp3) is 0.133. The van der Waals surface area contributed by atoms with Gasteiger partial charge < -0.3 is 5.11 Å². The lowest BCUT2D eigenvalue weighted by molar-refractivity contribution is 0.0696. The van der Waals surface area contributed by atoms with Crippen molar-refractivity contribution in [2.75, 3.05) is 0 Å². The molecule has 2 aromatic carbocycles. The summed E-state index contributed by atoms with van der Waals surface area (Å²) >= 11 is 0. The third-order valence-corrected chi connectivity index (χ3v) is 2.89. The predicted octanol–water partition coefficient (Wildman–Crippen LogP) is 3.75. The average Bonchev–Trinajstić information content (AvgIpc) is 2.38. The first-order chi connectivity index (χ1) is 8.61. The van der Waals surface area contributed by atoms with Gasteiger partial charge in [-0.25, -0.2) is 9.18 Å². The van der Waals surface area contributed by atoms with Gasteiger partial charge in [0.05, 0.1) is 5.56 Å². The Morgan fingerprint density at radius 3 is 2.28 bits per heavy atom. The van der Waals surface area contributed by atoms with Crippen LogP contribution in [0.4, 0.5) is 4.39 Å². The minimum absolute atomic E-state index is 0.281. The molecule has 2 rings (SSSR count). The molecule has 0 spiro atoms. The number of carboxylic acids is 1. The summed E-state index contributed by atoms with van der Waals surface area (Å²) in [6.45, 7) is 1.91. The Balaban J connectivity index is 2.47. The summed E-state index contributed by atoms with van der Waals surface area (Å²) in [7, 11) is 0. The van der Waals surface area contributed by atoms with Gasteiger partial charge in [-0.2, -0.15) is 0 Å². The summed E-state index contributed by atoms with van der Waals surface area (Å²) in [5.41, 5.74) is 2.88. The highest BCUT2D eigenvalue weighted by atomic mass is 19.1. The van der Waals surface area contributed by atoms with Gasteiger partial charge in [0, 0.05) is 0 Å². The van der Waals surface area contributed by atoms with Crippen LogP contribution in [0.15, 0.2) is 42.5 Å². The largest absolute Gasteiger partial charge is 0.478 e. The van der Waals surface area contributed by atoms with Crippen LogP contribution in [-0.4, -0.2) is 11.1 Å². The third kappa shape index (κ3) is 2.40. The fourth-order valence-electron chi connectivity index (χ4n) is 1.92. The van der Waals surface area contributed by atoms with Gasteiger partial charge >= 0.3 is 5.97 Å². The van der Waals surface area contributed by atoms with E-state index < -0.39 is 5.97 Å². The molecule has 18 heavy (non-hydrogen) atoms. The first-order valence-corrected chi connectivity index (χ1v) is 5.74. The summed E-state index contributed by atoms with van der Waals surface area (Å²) in [6.07, 6.45) is 0.649. The third-order valence-electron chi connectivity index (χ3n) is 2.89. The van der Waals surface area contributed by atoms with E-state index in [1.54, 1.807) is 24.3 Å². The lowest BCUT2D eigenvalue weighted by Gasteiger charge is -2.07. The quantitative estimate of drug-likeness (QED) is 0.892. The van der Waals surface area contributed by atoms with E-state index in [1.807, 2.05) is 13.0 Å². The number of benzene rings is 2. The second-order valence-electron chi connectivity index (χ2n) is 4.04. The van der Waals surface area contributed by atoms with E-state index in [0.717, 1.165) is 16.7 Å². The van der Waals surface area contributed by atoms with Crippen LogP contribution in [0.3, 0.4) is 0 Å². The molecule has 0 bridgehead atoms. The molecular weight excluding hydrogens is 231 g/mol. The average molecular weight is 244 g/mol. The van der Waals surface area contributed by atoms with Crippen molar-refractivity contribution in [1.82, 2.24) is 0 Å². The van der Waals surface area contributed by atoms with Gasteiger partial charge in [-0.05, 0) is 41.3 Å². The van der Waals surface area contributed by atoms with Crippen LogP contribution in [0, 0.1) is 5.82 Å². The molecule has 2 aromatic rings. The van der Waals surface area contributed by atoms with E-state index >= 15 is 0 Å². The van der Waals surface area contributed by atoms with E-state index in [9.17, 15) is 9.18 Å². The molecule has 0 saturated heterocycles. The maximum Gasteiger partial charge on any atom is 0.335 e. The van der Waals surface area contributed by atoms with Gasteiger partial charge in [-0.3, -0.25) is 0 Å². The van der Waals surface area contributed by atoms with Gasteiger partial charge in [0.2, 0.25) is 0 Å². The Morgan fingerprint density at radius 2 is 1.72 bits per heavy atom. The SMILES string of the molecule is CCc1cc(-c2ccc(F)cc2)ccc1C(=O)O. The minimum Gasteiger partial charge on any atom is -0.478 e. The van der Waals surface area contributed by atoms with Crippen LogP contribution in [0.1, 0.15) is 22.8 Å². The maximum absolute atomic E-state index is 12.8. The highest BCUT2D eigenvalue weighted by Gasteiger charge is 2.09. The molecule has 2 nitrogen and oxygen atoms in total. The molecule has 0 heterocycles. The molecule has 0 aliphatic heterocycles. The molecule has 0 unspecified atom stereocenters. The van der Waals surface area contributed by atoms with Crippen molar-refractivity contribution in [2.45, 2.75) is 13.3 Å². The van der Waals surface area contributed by atoms with E-state index in [0.29, 0.717) is 12.0 Å². The van der Waals surface area contributed by atoms with Crippen molar-refractivity contribution < 1.29 is 14.3 Å². The number of carboxylic acid groups (broad SMARTS) is 1. The Kier molecular flexibility index (Phi) is 3.42. The van der Waals surface area contributed by atoms with Crippen molar-refractivity contribution >= 4 is 5.97 Å². The van der Waals surface area contributed by atoms with Crippen LogP contribution in [0.2, 0.25) is 0 Å². The number of carbonyl (C=O) groups is 1. The van der Waals surface area contributed by atoms with Crippen molar-refractivity contribution in [2.24, 2.45) is 0 Å². The summed E-state index contributed by atoms with van der Waals surface area (Å²) in [4.78, 5) is 11.0. The first kappa shape index (κ1) is 12.3. The zero-order chi connectivity index (χ0) is 13.1. The van der Waals surface area contributed by atoms with Crippen molar-refractivity contribution in [3.63, 3.8) is 0 Å². The standard InChI is InChI=1S/C15H13FO2/c1-2-10-9-12(5-8-14(10)15(17)18)11-3-6-13(16)7-4-11/h3-9H,2H2,1H3,(H,17,18). The molecule has 1 N–H and O–H groups in total. The van der Waals surface area contributed by atoms with Crippen LogP contribution in [0.5, 0.6) is 0 Å². The molecule has 0 fully saturated rings. The second kappa shape index (κ2) is 5.00. The van der Waals surface area contributed by atoms with Crippen molar-refractivity contribution in [1.29, 1.82) is 0 Å². The first-order valence-electron chi connectivity index (χ1n) is 5.74.